The van der Waals surface area contributed by atoms with E-state index >= 15 is 0 Å². The molecule has 1 aliphatic heterocycles. The van der Waals surface area contributed by atoms with Crippen molar-refractivity contribution in [1.29, 1.82) is 0 Å². The van der Waals surface area contributed by atoms with E-state index in [0.717, 1.165) is 12.8 Å². The quantitative estimate of drug-likeness (QED) is 0.772. The lowest BCUT2D eigenvalue weighted by atomic mass is 10.1. The summed E-state index contributed by atoms with van der Waals surface area (Å²) in [6.07, 6.45) is 2.28. The number of aliphatic carboxylic acids is 1. The first-order valence-corrected chi connectivity index (χ1v) is 7.18. The molecule has 0 spiro atoms. The predicted molar refractivity (Wildman–Crippen MR) is 71.9 cm³/mol. The number of amides is 2. The second kappa shape index (κ2) is 5.81. The van der Waals surface area contributed by atoms with Crippen molar-refractivity contribution in [3.63, 3.8) is 0 Å². The first-order chi connectivity index (χ1) is 9.38. The Balaban J connectivity index is 1.99. The Morgan fingerprint density at radius 1 is 1.40 bits per heavy atom. The summed E-state index contributed by atoms with van der Waals surface area (Å²) in [4.78, 5) is 38.4. The van der Waals surface area contributed by atoms with Gasteiger partial charge >= 0.3 is 5.97 Å². The minimum Gasteiger partial charge on any atom is -0.480 e. The molecule has 1 saturated carbocycles. The summed E-state index contributed by atoms with van der Waals surface area (Å²) in [6.45, 7) is 4.47. The van der Waals surface area contributed by atoms with Crippen LogP contribution in [0.4, 0.5) is 0 Å². The highest BCUT2D eigenvalue weighted by atomic mass is 16.4. The molecular weight excluding hydrogens is 260 g/mol. The highest BCUT2D eigenvalue weighted by Crippen LogP contribution is 2.33. The van der Waals surface area contributed by atoms with Crippen LogP contribution in [0.25, 0.3) is 0 Å². The van der Waals surface area contributed by atoms with Crippen molar-refractivity contribution >= 4 is 17.8 Å². The number of carboxylic acid groups (broad SMARTS) is 1. The van der Waals surface area contributed by atoms with E-state index in [1.165, 1.54) is 4.90 Å². The smallest absolute Gasteiger partial charge is 0.323 e. The zero-order valence-corrected chi connectivity index (χ0v) is 12.0. The molecule has 1 aliphatic carbocycles. The van der Waals surface area contributed by atoms with E-state index in [9.17, 15) is 14.4 Å². The molecule has 6 heteroatoms. The van der Waals surface area contributed by atoms with Crippen molar-refractivity contribution in [3.05, 3.63) is 0 Å². The van der Waals surface area contributed by atoms with Gasteiger partial charge in [-0.2, -0.15) is 0 Å². The summed E-state index contributed by atoms with van der Waals surface area (Å²) in [5.74, 6) is -1.35. The maximum atomic E-state index is 12.4. The molecule has 0 aromatic carbocycles. The minimum absolute atomic E-state index is 0.0330. The number of likely N-dealkylation sites (tertiary alicyclic amines) is 1. The number of hydrogen-bond acceptors (Lipinski definition) is 3. The summed E-state index contributed by atoms with van der Waals surface area (Å²) in [7, 11) is 0. The monoisotopic (exact) mass is 282 g/mol. The van der Waals surface area contributed by atoms with E-state index in [2.05, 4.69) is 0 Å². The third kappa shape index (κ3) is 3.49. The van der Waals surface area contributed by atoms with Crippen LogP contribution in [0.3, 0.4) is 0 Å². The topological polar surface area (TPSA) is 77.9 Å². The first kappa shape index (κ1) is 14.8. The third-order valence-corrected chi connectivity index (χ3v) is 3.72. The highest BCUT2D eigenvalue weighted by Gasteiger charge is 2.43. The van der Waals surface area contributed by atoms with Crippen molar-refractivity contribution in [2.24, 2.45) is 11.8 Å². The van der Waals surface area contributed by atoms with Crippen molar-refractivity contribution in [3.8, 4) is 0 Å². The lowest BCUT2D eigenvalue weighted by Gasteiger charge is -2.25. The molecule has 112 valence electrons. The van der Waals surface area contributed by atoms with Crippen LogP contribution >= 0.6 is 0 Å². The number of rotatable bonds is 6. The predicted octanol–water partition coefficient (Wildman–Crippen LogP) is 0.566. The van der Waals surface area contributed by atoms with Gasteiger partial charge in [-0.25, -0.2) is 0 Å². The van der Waals surface area contributed by atoms with Crippen molar-refractivity contribution < 1.29 is 19.5 Å². The number of nitrogens with zero attached hydrogens (tertiary/aromatic N) is 2. The lowest BCUT2D eigenvalue weighted by molar-refractivity contribution is -0.146. The maximum absolute atomic E-state index is 12.4. The summed E-state index contributed by atoms with van der Waals surface area (Å²) in [5, 5.41) is 8.92. The molecule has 2 rings (SSSR count). The zero-order chi connectivity index (χ0) is 14.9. The Labute approximate surface area is 118 Å². The van der Waals surface area contributed by atoms with E-state index in [1.807, 2.05) is 13.8 Å². The summed E-state index contributed by atoms with van der Waals surface area (Å²) < 4.78 is 0. The molecule has 2 amide bonds. The van der Waals surface area contributed by atoms with Gasteiger partial charge in [-0.15, -0.1) is 0 Å². The van der Waals surface area contributed by atoms with E-state index < -0.39 is 5.97 Å². The van der Waals surface area contributed by atoms with Crippen LogP contribution < -0.4 is 0 Å². The van der Waals surface area contributed by atoms with Gasteiger partial charge in [0, 0.05) is 25.6 Å². The van der Waals surface area contributed by atoms with Gasteiger partial charge in [-0.3, -0.25) is 14.4 Å². The van der Waals surface area contributed by atoms with Crippen LogP contribution in [-0.4, -0.2) is 58.4 Å². The van der Waals surface area contributed by atoms with E-state index in [1.54, 1.807) is 4.90 Å². The van der Waals surface area contributed by atoms with Gasteiger partial charge in [0.05, 0.1) is 5.92 Å². The minimum atomic E-state index is -1.01. The van der Waals surface area contributed by atoms with Gasteiger partial charge in [-0.1, -0.05) is 13.8 Å². The fourth-order valence-electron chi connectivity index (χ4n) is 2.73. The van der Waals surface area contributed by atoms with Crippen LogP contribution in [0.2, 0.25) is 0 Å². The number of carbonyl (C=O) groups is 3. The molecule has 1 saturated heterocycles. The van der Waals surface area contributed by atoms with Gasteiger partial charge in [0.15, 0.2) is 0 Å². The standard InChI is InChI=1S/C14H22N2O4/c1-9(2)6-15(8-13(18)19)14(20)10-5-12(17)16(7-10)11-3-4-11/h9-11H,3-8H2,1-2H3,(H,18,19). The largest absolute Gasteiger partial charge is 0.480 e. The zero-order valence-electron chi connectivity index (χ0n) is 12.0. The molecule has 0 bridgehead atoms. The number of carbonyl (C=O) groups excluding carboxylic acids is 2. The van der Waals surface area contributed by atoms with E-state index in [-0.39, 0.29) is 36.6 Å². The van der Waals surface area contributed by atoms with Crippen molar-refractivity contribution in [1.82, 2.24) is 9.80 Å². The molecular formula is C14H22N2O4. The highest BCUT2D eigenvalue weighted by molar-refractivity contribution is 5.90. The Kier molecular flexibility index (Phi) is 4.30. The third-order valence-electron chi connectivity index (χ3n) is 3.72. The Hall–Kier alpha value is -1.59. The summed E-state index contributed by atoms with van der Waals surface area (Å²) >= 11 is 0. The molecule has 0 aromatic rings. The first-order valence-electron chi connectivity index (χ1n) is 7.18. The molecule has 2 fully saturated rings. The van der Waals surface area contributed by atoms with Crippen molar-refractivity contribution in [2.75, 3.05) is 19.6 Å². The molecule has 1 unspecified atom stereocenters. The Morgan fingerprint density at radius 3 is 2.55 bits per heavy atom. The molecule has 2 aliphatic rings. The van der Waals surface area contributed by atoms with Gasteiger partial charge in [-0.05, 0) is 18.8 Å². The Bertz CT molecular complexity index is 417. The number of carboxylic acids is 1. The molecule has 0 radical (unpaired) electrons. The van der Waals surface area contributed by atoms with Crippen LogP contribution in [-0.2, 0) is 14.4 Å². The fourth-order valence-corrected chi connectivity index (χ4v) is 2.73. The normalized spacial score (nSPS) is 22.4. The number of hydrogen-bond donors (Lipinski definition) is 1. The summed E-state index contributed by atoms with van der Waals surface area (Å²) in [6, 6.07) is 0.318. The lowest BCUT2D eigenvalue weighted by Crippen LogP contribution is -2.42. The fraction of sp³-hybridized carbons (Fsp3) is 0.786. The second-order valence-electron chi connectivity index (χ2n) is 6.18. The van der Waals surface area contributed by atoms with Crippen LogP contribution in [0.1, 0.15) is 33.1 Å². The molecule has 1 atom stereocenters. The van der Waals surface area contributed by atoms with Gasteiger partial charge in [0.2, 0.25) is 11.8 Å². The van der Waals surface area contributed by atoms with Crippen LogP contribution in [0, 0.1) is 11.8 Å². The average molecular weight is 282 g/mol. The average Bonchev–Trinajstić information content (AvgIpc) is 3.10. The molecule has 1 N–H and O–H groups in total. The van der Waals surface area contributed by atoms with Gasteiger partial charge < -0.3 is 14.9 Å². The molecule has 1 heterocycles. The Morgan fingerprint density at radius 2 is 2.05 bits per heavy atom. The molecule has 6 nitrogen and oxygen atoms in total. The SMILES string of the molecule is CC(C)CN(CC(=O)O)C(=O)C1CC(=O)N(C2CC2)C1. The van der Waals surface area contributed by atoms with Crippen LogP contribution in [0.5, 0.6) is 0 Å². The summed E-state index contributed by atoms with van der Waals surface area (Å²) in [5.41, 5.74) is 0. The maximum Gasteiger partial charge on any atom is 0.323 e. The van der Waals surface area contributed by atoms with Crippen molar-refractivity contribution in [2.45, 2.75) is 39.2 Å². The molecule has 20 heavy (non-hydrogen) atoms. The second-order valence-corrected chi connectivity index (χ2v) is 6.18. The van der Waals surface area contributed by atoms with Gasteiger partial charge in [0.25, 0.3) is 0 Å². The van der Waals surface area contributed by atoms with E-state index in [0.29, 0.717) is 19.1 Å². The van der Waals surface area contributed by atoms with Crippen LogP contribution in [0.15, 0.2) is 0 Å². The molecule has 0 aromatic heterocycles. The van der Waals surface area contributed by atoms with Gasteiger partial charge in [0.1, 0.15) is 6.54 Å². The van der Waals surface area contributed by atoms with E-state index in [4.69, 9.17) is 5.11 Å².